The molecule has 0 saturated heterocycles. The molecular formula is C8H7N3. The van der Waals surface area contributed by atoms with E-state index < -0.39 is 0 Å². The van der Waals surface area contributed by atoms with Crippen LogP contribution in [0, 0.1) is 11.3 Å². The summed E-state index contributed by atoms with van der Waals surface area (Å²) in [6.45, 7) is 0. The zero-order chi connectivity index (χ0) is 8.10. The van der Waals surface area contributed by atoms with E-state index in [9.17, 15) is 0 Å². The highest BCUT2D eigenvalue weighted by Gasteiger charge is 1.89. The van der Waals surface area contributed by atoms with E-state index in [1.807, 2.05) is 6.07 Å². The van der Waals surface area contributed by atoms with Crippen LogP contribution < -0.4 is 5.73 Å². The Balaban J connectivity index is 2.94. The lowest BCUT2D eigenvalue weighted by molar-refractivity contribution is 1.27. The van der Waals surface area contributed by atoms with E-state index in [4.69, 9.17) is 11.0 Å². The fourth-order valence-electron chi connectivity index (χ4n) is 0.669. The van der Waals surface area contributed by atoms with Gasteiger partial charge in [0.2, 0.25) is 0 Å². The first-order valence-corrected chi connectivity index (χ1v) is 3.11. The van der Waals surface area contributed by atoms with Crippen molar-refractivity contribution in [2.75, 3.05) is 0 Å². The molecule has 1 rings (SSSR count). The minimum atomic E-state index is 0.555. The molecule has 3 heteroatoms. The van der Waals surface area contributed by atoms with Crippen molar-refractivity contribution in [1.82, 2.24) is 4.98 Å². The van der Waals surface area contributed by atoms with Crippen LogP contribution >= 0.6 is 0 Å². The predicted molar refractivity (Wildman–Crippen MR) is 42.2 cm³/mol. The van der Waals surface area contributed by atoms with Crippen LogP contribution in [0.5, 0.6) is 0 Å². The summed E-state index contributed by atoms with van der Waals surface area (Å²) in [5, 5.41) is 8.43. The summed E-state index contributed by atoms with van der Waals surface area (Å²) < 4.78 is 0. The van der Waals surface area contributed by atoms with Gasteiger partial charge in [-0.3, -0.25) is 4.98 Å². The number of hydrogen-bond acceptors (Lipinski definition) is 3. The van der Waals surface area contributed by atoms with E-state index in [1.54, 1.807) is 18.2 Å². The van der Waals surface area contributed by atoms with Gasteiger partial charge in [-0.25, -0.2) is 0 Å². The Bertz CT molecular complexity index is 292. The van der Waals surface area contributed by atoms with Crippen LogP contribution in [-0.4, -0.2) is 4.98 Å². The van der Waals surface area contributed by atoms with Crippen LogP contribution in [0.1, 0.15) is 11.3 Å². The molecule has 0 unspecified atom stereocenters. The molecule has 1 aromatic rings. The monoisotopic (exact) mass is 145 g/mol. The van der Waals surface area contributed by atoms with Crippen LogP contribution in [0.3, 0.4) is 0 Å². The lowest BCUT2D eigenvalue weighted by Gasteiger charge is -1.89. The lowest BCUT2D eigenvalue weighted by Crippen LogP contribution is -1.83. The summed E-state index contributed by atoms with van der Waals surface area (Å²) in [7, 11) is 0. The topological polar surface area (TPSA) is 62.7 Å². The summed E-state index contributed by atoms with van der Waals surface area (Å²) >= 11 is 0. The highest BCUT2D eigenvalue weighted by Crippen LogP contribution is 1.99. The summed E-state index contributed by atoms with van der Waals surface area (Å²) in [6, 6.07) is 5.41. The van der Waals surface area contributed by atoms with Gasteiger partial charge in [-0.05, 0) is 24.4 Å². The standard InChI is InChI=1S/C8H7N3/c9-4-3-8-2-1-7(5-10)6-11-8/h1-4,6H,9H2/b4-3+. The van der Waals surface area contributed by atoms with Crippen molar-refractivity contribution in [3.8, 4) is 6.07 Å². The van der Waals surface area contributed by atoms with Gasteiger partial charge in [0.25, 0.3) is 0 Å². The smallest absolute Gasteiger partial charge is 0.101 e. The van der Waals surface area contributed by atoms with Gasteiger partial charge in [0.15, 0.2) is 0 Å². The SMILES string of the molecule is N#Cc1ccc(/C=C/N)nc1. The molecule has 3 nitrogen and oxygen atoms in total. The fourth-order valence-corrected chi connectivity index (χ4v) is 0.669. The Labute approximate surface area is 64.8 Å². The molecule has 0 fully saturated rings. The Hall–Kier alpha value is -1.82. The molecule has 0 aliphatic heterocycles. The highest BCUT2D eigenvalue weighted by atomic mass is 14.7. The number of aromatic nitrogens is 1. The maximum atomic E-state index is 8.43. The molecule has 0 aliphatic rings. The van der Waals surface area contributed by atoms with Crippen molar-refractivity contribution >= 4 is 6.08 Å². The van der Waals surface area contributed by atoms with Crippen LogP contribution in [0.25, 0.3) is 6.08 Å². The van der Waals surface area contributed by atoms with E-state index in [1.165, 1.54) is 12.4 Å². The summed E-state index contributed by atoms with van der Waals surface area (Å²) in [4.78, 5) is 3.95. The third-order valence-corrected chi connectivity index (χ3v) is 1.18. The lowest BCUT2D eigenvalue weighted by atomic mass is 10.3. The highest BCUT2D eigenvalue weighted by molar-refractivity contribution is 5.44. The maximum Gasteiger partial charge on any atom is 0.101 e. The predicted octanol–water partition coefficient (Wildman–Crippen LogP) is 0.883. The third-order valence-electron chi connectivity index (χ3n) is 1.18. The first kappa shape index (κ1) is 7.29. The third kappa shape index (κ3) is 1.80. The van der Waals surface area contributed by atoms with Gasteiger partial charge >= 0.3 is 0 Å². The van der Waals surface area contributed by atoms with E-state index in [2.05, 4.69) is 4.98 Å². The van der Waals surface area contributed by atoms with Gasteiger partial charge in [-0.15, -0.1) is 0 Å². The van der Waals surface area contributed by atoms with E-state index in [0.29, 0.717) is 5.56 Å². The fraction of sp³-hybridized carbons (Fsp3) is 0. The van der Waals surface area contributed by atoms with Gasteiger partial charge in [0.05, 0.1) is 11.3 Å². The molecule has 0 spiro atoms. The molecule has 54 valence electrons. The zero-order valence-electron chi connectivity index (χ0n) is 5.86. The van der Waals surface area contributed by atoms with E-state index in [0.717, 1.165) is 5.69 Å². The number of hydrogen-bond donors (Lipinski definition) is 1. The van der Waals surface area contributed by atoms with Crippen LogP contribution in [0.4, 0.5) is 0 Å². The number of nitrogens with two attached hydrogens (primary N) is 1. The average Bonchev–Trinajstić information content (AvgIpc) is 2.07. The number of rotatable bonds is 1. The van der Waals surface area contributed by atoms with Crippen LogP contribution in [0.2, 0.25) is 0 Å². The summed E-state index contributed by atoms with van der Waals surface area (Å²) in [6.07, 6.45) is 4.59. The Morgan fingerprint density at radius 1 is 1.55 bits per heavy atom. The summed E-state index contributed by atoms with van der Waals surface area (Å²) in [5.41, 5.74) is 6.46. The molecule has 0 amide bonds. The van der Waals surface area contributed by atoms with Crippen LogP contribution in [0.15, 0.2) is 24.5 Å². The second-order valence-corrected chi connectivity index (χ2v) is 1.94. The molecule has 0 aromatic carbocycles. The second kappa shape index (κ2) is 3.37. The molecule has 0 radical (unpaired) electrons. The first-order valence-electron chi connectivity index (χ1n) is 3.11. The Kier molecular flexibility index (Phi) is 2.24. The van der Waals surface area contributed by atoms with Crippen LogP contribution in [-0.2, 0) is 0 Å². The number of nitrogens with zero attached hydrogens (tertiary/aromatic N) is 2. The van der Waals surface area contributed by atoms with Gasteiger partial charge < -0.3 is 5.73 Å². The Morgan fingerprint density at radius 2 is 2.36 bits per heavy atom. The molecule has 0 bridgehead atoms. The summed E-state index contributed by atoms with van der Waals surface area (Å²) in [5.74, 6) is 0. The van der Waals surface area contributed by atoms with Crippen molar-refractivity contribution in [2.24, 2.45) is 5.73 Å². The number of pyridine rings is 1. The molecule has 0 atom stereocenters. The maximum absolute atomic E-state index is 8.43. The van der Waals surface area contributed by atoms with Gasteiger partial charge in [0, 0.05) is 6.20 Å². The second-order valence-electron chi connectivity index (χ2n) is 1.94. The van der Waals surface area contributed by atoms with Crippen molar-refractivity contribution in [3.63, 3.8) is 0 Å². The van der Waals surface area contributed by atoms with Crippen molar-refractivity contribution in [3.05, 3.63) is 35.8 Å². The quantitative estimate of drug-likeness (QED) is 0.638. The molecule has 2 N–H and O–H groups in total. The molecule has 0 saturated carbocycles. The van der Waals surface area contributed by atoms with Crippen molar-refractivity contribution < 1.29 is 0 Å². The molecule has 11 heavy (non-hydrogen) atoms. The molecule has 1 aromatic heterocycles. The van der Waals surface area contributed by atoms with Crippen molar-refractivity contribution in [1.29, 1.82) is 5.26 Å². The molecule has 1 heterocycles. The van der Waals surface area contributed by atoms with Gasteiger partial charge in [-0.1, -0.05) is 0 Å². The molecular weight excluding hydrogens is 138 g/mol. The van der Waals surface area contributed by atoms with E-state index >= 15 is 0 Å². The average molecular weight is 145 g/mol. The van der Waals surface area contributed by atoms with Gasteiger partial charge in [-0.2, -0.15) is 5.26 Å². The van der Waals surface area contributed by atoms with E-state index in [-0.39, 0.29) is 0 Å². The number of nitriles is 1. The minimum Gasteiger partial charge on any atom is -0.405 e. The normalized spacial score (nSPS) is 9.73. The Morgan fingerprint density at radius 3 is 2.82 bits per heavy atom. The largest absolute Gasteiger partial charge is 0.405 e. The zero-order valence-corrected chi connectivity index (χ0v) is 5.86. The molecule has 0 aliphatic carbocycles. The van der Waals surface area contributed by atoms with Gasteiger partial charge in [0.1, 0.15) is 6.07 Å². The first-order chi connectivity index (χ1) is 5.36. The minimum absolute atomic E-state index is 0.555. The van der Waals surface area contributed by atoms with Crippen molar-refractivity contribution in [2.45, 2.75) is 0 Å².